The molecule has 0 saturated heterocycles. The zero-order valence-corrected chi connectivity index (χ0v) is 19.8. The summed E-state index contributed by atoms with van der Waals surface area (Å²) < 4.78 is 12.0. The number of methoxy groups -OCH3 is 1. The summed E-state index contributed by atoms with van der Waals surface area (Å²) in [5, 5.41) is 7.72. The molecule has 0 aliphatic carbocycles. The second kappa shape index (κ2) is 10.5. The summed E-state index contributed by atoms with van der Waals surface area (Å²) in [6, 6.07) is 16.8. The van der Waals surface area contributed by atoms with Gasteiger partial charge in [-0.3, -0.25) is 14.4 Å². The number of aryl methyl sites for hydroxylation is 1. The van der Waals surface area contributed by atoms with Gasteiger partial charge in [0.1, 0.15) is 5.75 Å². The largest absolute Gasteiger partial charge is 0.497 e. The van der Waals surface area contributed by atoms with Crippen molar-refractivity contribution < 1.29 is 19.1 Å². The molecule has 0 spiro atoms. The van der Waals surface area contributed by atoms with E-state index in [1.165, 1.54) is 9.58 Å². The number of rotatable bonds is 8. The third-order valence-corrected chi connectivity index (χ3v) is 6.53. The summed E-state index contributed by atoms with van der Waals surface area (Å²) >= 11 is 1.09. The van der Waals surface area contributed by atoms with E-state index in [0.29, 0.717) is 6.42 Å². The highest BCUT2D eigenvalue weighted by Crippen LogP contribution is 2.33. The van der Waals surface area contributed by atoms with Crippen molar-refractivity contribution in [3.8, 4) is 5.75 Å². The first-order chi connectivity index (χ1) is 16.5. The molecule has 0 radical (unpaired) electrons. The van der Waals surface area contributed by atoms with Crippen molar-refractivity contribution in [1.29, 1.82) is 0 Å². The maximum Gasteiger partial charge on any atom is 0.308 e. The highest BCUT2D eigenvalue weighted by molar-refractivity contribution is 7.07. The highest BCUT2D eigenvalue weighted by atomic mass is 32.1. The van der Waals surface area contributed by atoms with Gasteiger partial charge in [0, 0.05) is 24.0 Å². The van der Waals surface area contributed by atoms with Crippen LogP contribution in [0.15, 0.2) is 69.9 Å². The molecule has 176 valence electrons. The van der Waals surface area contributed by atoms with Gasteiger partial charge in [-0.1, -0.05) is 53.8 Å². The molecule has 0 fully saturated rings. The van der Waals surface area contributed by atoms with Crippen LogP contribution in [0.25, 0.3) is 0 Å². The lowest BCUT2D eigenvalue weighted by atomic mass is 9.98. The van der Waals surface area contributed by atoms with Crippen LogP contribution in [0.1, 0.15) is 35.7 Å². The lowest BCUT2D eigenvalue weighted by Crippen LogP contribution is -2.31. The average Bonchev–Trinajstić information content (AvgIpc) is 3.45. The fourth-order valence-corrected chi connectivity index (χ4v) is 4.55. The Morgan fingerprint density at radius 3 is 2.50 bits per heavy atom. The number of hydrogen-bond acceptors (Lipinski definition) is 7. The summed E-state index contributed by atoms with van der Waals surface area (Å²) in [4.78, 5) is 36.9. The van der Waals surface area contributed by atoms with Crippen LogP contribution in [0.4, 0.5) is 0 Å². The van der Waals surface area contributed by atoms with E-state index in [0.717, 1.165) is 39.6 Å². The van der Waals surface area contributed by atoms with Gasteiger partial charge in [-0.15, -0.1) is 0 Å². The summed E-state index contributed by atoms with van der Waals surface area (Å²) in [7, 11) is 1.60. The molecule has 1 atom stereocenters. The van der Waals surface area contributed by atoms with E-state index < -0.39 is 18.5 Å². The fraction of sp³-hybridized carbons (Fsp3) is 0.280. The van der Waals surface area contributed by atoms with Crippen molar-refractivity contribution in [3.05, 3.63) is 86.5 Å². The monoisotopic (exact) mass is 479 g/mol. The Bertz CT molecular complexity index is 1250. The molecule has 4 rings (SSSR count). The standard InChI is InChI=1S/C25H25N3O5S/c1-17-16-34-25(31)27(17)13-12-24(30)33-15-23(29)28-22(19-8-10-20(32-2)11-9-19)14-21(26-28)18-6-4-3-5-7-18/h3-11,16,22H,12-15H2,1-2H3/t22-/m1/s1. The summed E-state index contributed by atoms with van der Waals surface area (Å²) in [6.45, 7) is 1.60. The van der Waals surface area contributed by atoms with Gasteiger partial charge in [0.05, 0.1) is 25.3 Å². The van der Waals surface area contributed by atoms with Crippen molar-refractivity contribution in [1.82, 2.24) is 9.58 Å². The fourth-order valence-electron chi connectivity index (χ4n) is 3.79. The van der Waals surface area contributed by atoms with Gasteiger partial charge in [0.2, 0.25) is 0 Å². The number of carbonyl (C=O) groups excluding carboxylic acids is 2. The summed E-state index contributed by atoms with van der Waals surface area (Å²) in [5.74, 6) is -0.236. The van der Waals surface area contributed by atoms with Gasteiger partial charge in [-0.05, 0) is 30.2 Å². The first-order valence-corrected chi connectivity index (χ1v) is 11.7. The number of hydrazone groups is 1. The topological polar surface area (TPSA) is 90.2 Å². The molecule has 9 heteroatoms. The average molecular weight is 480 g/mol. The van der Waals surface area contributed by atoms with Crippen LogP contribution in [-0.2, 0) is 20.9 Å². The number of hydrogen-bond donors (Lipinski definition) is 0. The molecule has 1 aliphatic rings. The smallest absolute Gasteiger partial charge is 0.308 e. The molecule has 1 aliphatic heterocycles. The predicted octanol–water partition coefficient (Wildman–Crippen LogP) is 3.54. The zero-order valence-electron chi connectivity index (χ0n) is 19.0. The summed E-state index contributed by atoms with van der Waals surface area (Å²) in [6.07, 6.45) is 0.543. The van der Waals surface area contributed by atoms with Crippen LogP contribution in [-0.4, -0.2) is 40.9 Å². The Morgan fingerprint density at radius 1 is 1.12 bits per heavy atom. The molecule has 2 heterocycles. The Hall–Kier alpha value is -3.72. The minimum Gasteiger partial charge on any atom is -0.497 e. The van der Waals surface area contributed by atoms with Gasteiger partial charge < -0.3 is 14.0 Å². The van der Waals surface area contributed by atoms with E-state index in [2.05, 4.69) is 5.10 Å². The van der Waals surface area contributed by atoms with Crippen molar-refractivity contribution in [2.45, 2.75) is 32.4 Å². The third-order valence-electron chi connectivity index (χ3n) is 5.65. The predicted molar refractivity (Wildman–Crippen MR) is 129 cm³/mol. The van der Waals surface area contributed by atoms with Crippen LogP contribution in [0.5, 0.6) is 5.75 Å². The molecule has 2 aromatic carbocycles. The van der Waals surface area contributed by atoms with E-state index in [1.54, 1.807) is 12.5 Å². The molecular weight excluding hydrogens is 454 g/mol. The van der Waals surface area contributed by atoms with E-state index in [1.807, 2.05) is 61.5 Å². The van der Waals surface area contributed by atoms with Crippen molar-refractivity contribution in [2.24, 2.45) is 5.10 Å². The quantitative estimate of drug-likeness (QED) is 0.461. The highest BCUT2D eigenvalue weighted by Gasteiger charge is 2.33. The number of carbonyl (C=O) groups is 2. The second-order valence-corrected chi connectivity index (χ2v) is 8.67. The lowest BCUT2D eigenvalue weighted by molar-refractivity contribution is -0.153. The number of ether oxygens (including phenoxy) is 2. The lowest BCUT2D eigenvalue weighted by Gasteiger charge is -2.22. The number of nitrogens with zero attached hydrogens (tertiary/aromatic N) is 3. The van der Waals surface area contributed by atoms with E-state index in [4.69, 9.17) is 9.47 Å². The maximum atomic E-state index is 13.0. The van der Waals surface area contributed by atoms with Gasteiger partial charge in [0.25, 0.3) is 5.91 Å². The molecule has 1 aromatic heterocycles. The molecule has 8 nitrogen and oxygen atoms in total. The number of aromatic nitrogens is 1. The molecular formula is C25H25N3O5S. The number of esters is 1. The van der Waals surface area contributed by atoms with E-state index >= 15 is 0 Å². The minimum atomic E-state index is -0.543. The number of benzene rings is 2. The van der Waals surface area contributed by atoms with Crippen LogP contribution < -0.4 is 9.61 Å². The Morgan fingerprint density at radius 2 is 1.85 bits per heavy atom. The van der Waals surface area contributed by atoms with Crippen molar-refractivity contribution in [3.63, 3.8) is 0 Å². The SMILES string of the molecule is COc1ccc([C@H]2CC(c3ccccc3)=NN2C(=O)COC(=O)CCn2c(C)csc2=O)cc1. The second-order valence-electron chi connectivity index (χ2n) is 7.85. The molecule has 3 aromatic rings. The van der Waals surface area contributed by atoms with Crippen molar-refractivity contribution in [2.75, 3.05) is 13.7 Å². The molecule has 1 amide bonds. The van der Waals surface area contributed by atoms with Crippen LogP contribution in [0.3, 0.4) is 0 Å². The van der Waals surface area contributed by atoms with Gasteiger partial charge >= 0.3 is 10.8 Å². The van der Waals surface area contributed by atoms with Gasteiger partial charge in [-0.25, -0.2) is 5.01 Å². The maximum absolute atomic E-state index is 13.0. The van der Waals surface area contributed by atoms with Crippen LogP contribution >= 0.6 is 11.3 Å². The molecule has 0 unspecified atom stereocenters. The Kier molecular flexibility index (Phi) is 7.22. The van der Waals surface area contributed by atoms with Crippen LogP contribution in [0, 0.1) is 6.92 Å². The van der Waals surface area contributed by atoms with E-state index in [9.17, 15) is 14.4 Å². The molecule has 0 saturated carbocycles. The normalized spacial score (nSPS) is 15.2. The van der Waals surface area contributed by atoms with Crippen LogP contribution in [0.2, 0.25) is 0 Å². The third kappa shape index (κ3) is 5.26. The summed E-state index contributed by atoms with van der Waals surface area (Å²) in [5.41, 5.74) is 3.42. The van der Waals surface area contributed by atoms with Crippen molar-refractivity contribution >= 4 is 28.9 Å². The zero-order chi connectivity index (χ0) is 24.1. The first-order valence-electron chi connectivity index (χ1n) is 10.9. The molecule has 0 N–H and O–H groups in total. The first kappa shape index (κ1) is 23.4. The molecule has 34 heavy (non-hydrogen) atoms. The Labute approximate surface area is 201 Å². The number of amides is 1. The number of thiazole rings is 1. The van der Waals surface area contributed by atoms with Gasteiger partial charge in [-0.2, -0.15) is 5.10 Å². The molecule has 0 bridgehead atoms. The Balaban J connectivity index is 1.45. The minimum absolute atomic E-state index is 0.00516. The van der Waals surface area contributed by atoms with Gasteiger partial charge in [0.15, 0.2) is 6.61 Å². The van der Waals surface area contributed by atoms with E-state index in [-0.39, 0.29) is 23.9 Å².